The van der Waals surface area contributed by atoms with E-state index in [4.69, 9.17) is 4.74 Å². The van der Waals surface area contributed by atoms with Crippen LogP contribution in [-0.4, -0.2) is 53.3 Å². The molecule has 26 heavy (non-hydrogen) atoms. The number of thiophene rings is 1. The average molecular weight is 397 g/mol. The Morgan fingerprint density at radius 1 is 1.38 bits per heavy atom. The highest BCUT2D eigenvalue weighted by Crippen LogP contribution is 2.46. The van der Waals surface area contributed by atoms with Crippen LogP contribution in [0.4, 0.5) is 0 Å². The molecule has 4 heterocycles. The Morgan fingerprint density at radius 3 is 2.73 bits per heavy atom. The summed E-state index contributed by atoms with van der Waals surface area (Å²) in [7, 11) is -1.90. The van der Waals surface area contributed by atoms with Crippen LogP contribution in [0.5, 0.6) is 0 Å². The summed E-state index contributed by atoms with van der Waals surface area (Å²) in [6, 6.07) is 1.73. The number of hydrogen-bond donors (Lipinski definition) is 1. The van der Waals surface area contributed by atoms with Crippen LogP contribution in [-0.2, 0) is 33.8 Å². The fourth-order valence-electron chi connectivity index (χ4n) is 3.67. The summed E-state index contributed by atoms with van der Waals surface area (Å²) in [5, 5.41) is 13.2. The second-order valence-electron chi connectivity index (χ2n) is 6.62. The second kappa shape index (κ2) is 6.15. The molecule has 0 unspecified atom stereocenters. The summed E-state index contributed by atoms with van der Waals surface area (Å²) in [4.78, 5) is 12.7. The lowest BCUT2D eigenvalue weighted by atomic mass is 9.86. The number of nitrogens with zero attached hydrogens (tertiary/aromatic N) is 3. The van der Waals surface area contributed by atoms with Crippen LogP contribution in [0.3, 0.4) is 0 Å². The molecule has 8 nitrogen and oxygen atoms in total. The smallest absolute Gasteiger partial charge is 0.345 e. The van der Waals surface area contributed by atoms with E-state index in [0.29, 0.717) is 43.8 Å². The third-order valence-corrected chi connectivity index (χ3v) is 8.23. The highest BCUT2D eigenvalue weighted by molar-refractivity contribution is 7.89. The van der Waals surface area contributed by atoms with Crippen molar-refractivity contribution in [1.82, 2.24) is 14.1 Å². The van der Waals surface area contributed by atoms with Crippen molar-refractivity contribution in [2.45, 2.75) is 29.8 Å². The number of sulfonamides is 1. The fraction of sp³-hybridized carbons (Fsp3) is 0.500. The number of aryl methyl sites for hydroxylation is 1. The molecule has 2 aromatic rings. The van der Waals surface area contributed by atoms with Crippen LogP contribution >= 0.6 is 11.3 Å². The van der Waals surface area contributed by atoms with E-state index in [1.807, 2.05) is 0 Å². The van der Waals surface area contributed by atoms with Gasteiger partial charge in [0.15, 0.2) is 0 Å². The maximum absolute atomic E-state index is 12.8. The summed E-state index contributed by atoms with van der Waals surface area (Å²) >= 11 is 1.25. The third-order valence-electron chi connectivity index (χ3n) is 5.03. The molecule has 0 atom stereocenters. The number of piperidine rings is 1. The van der Waals surface area contributed by atoms with Gasteiger partial charge in [0.1, 0.15) is 15.4 Å². The minimum Gasteiger partial charge on any atom is -0.477 e. The molecular formula is C16H19N3O5S2. The molecule has 2 aliphatic heterocycles. The van der Waals surface area contributed by atoms with E-state index in [9.17, 15) is 18.3 Å². The minimum absolute atomic E-state index is 0.186. The number of aromatic nitrogens is 2. The number of ether oxygens (including phenoxy) is 1. The maximum atomic E-state index is 12.8. The molecular weight excluding hydrogens is 378 g/mol. The maximum Gasteiger partial charge on any atom is 0.345 e. The Labute approximate surface area is 155 Å². The zero-order valence-electron chi connectivity index (χ0n) is 14.2. The van der Waals surface area contributed by atoms with E-state index in [1.54, 1.807) is 13.1 Å². The van der Waals surface area contributed by atoms with Gasteiger partial charge < -0.3 is 9.84 Å². The second-order valence-corrected chi connectivity index (χ2v) is 9.61. The van der Waals surface area contributed by atoms with Gasteiger partial charge in [0.25, 0.3) is 0 Å². The van der Waals surface area contributed by atoms with E-state index < -0.39 is 21.6 Å². The largest absolute Gasteiger partial charge is 0.477 e. The first-order chi connectivity index (χ1) is 12.3. The molecule has 0 aromatic carbocycles. The highest BCUT2D eigenvalue weighted by Gasteiger charge is 2.45. The van der Waals surface area contributed by atoms with Crippen LogP contribution in [0.2, 0.25) is 0 Å². The molecule has 1 spiro atoms. The molecule has 1 fully saturated rings. The highest BCUT2D eigenvalue weighted by atomic mass is 32.2. The van der Waals surface area contributed by atoms with Crippen molar-refractivity contribution in [3.63, 3.8) is 0 Å². The molecule has 1 N–H and O–H groups in total. The Hall–Kier alpha value is -1.75. The van der Waals surface area contributed by atoms with Crippen molar-refractivity contribution in [2.75, 3.05) is 19.7 Å². The molecule has 0 bridgehead atoms. The molecule has 0 saturated carbocycles. The number of fused-ring (bicyclic) bond motifs is 2. The van der Waals surface area contributed by atoms with E-state index in [1.165, 1.54) is 32.7 Å². The van der Waals surface area contributed by atoms with Gasteiger partial charge in [-0.3, -0.25) is 4.68 Å². The monoisotopic (exact) mass is 397 g/mol. The number of carbonyl (C=O) groups is 1. The van der Waals surface area contributed by atoms with Crippen molar-refractivity contribution >= 4 is 27.3 Å². The normalized spacial score (nSPS) is 20.2. The molecule has 2 aliphatic rings. The van der Waals surface area contributed by atoms with Gasteiger partial charge in [-0.2, -0.15) is 9.40 Å². The molecule has 140 valence electrons. The molecule has 2 aromatic heterocycles. The summed E-state index contributed by atoms with van der Waals surface area (Å²) in [6.07, 6.45) is 4.57. The van der Waals surface area contributed by atoms with Crippen LogP contribution < -0.4 is 0 Å². The first kappa shape index (κ1) is 17.7. The van der Waals surface area contributed by atoms with Gasteiger partial charge in [-0.05, 0) is 30.9 Å². The van der Waals surface area contributed by atoms with E-state index >= 15 is 0 Å². The van der Waals surface area contributed by atoms with Crippen LogP contribution in [0.25, 0.3) is 0 Å². The summed E-state index contributed by atoms with van der Waals surface area (Å²) in [5.41, 5.74) is 0.439. The predicted molar refractivity (Wildman–Crippen MR) is 93.8 cm³/mol. The van der Waals surface area contributed by atoms with Gasteiger partial charge in [-0.25, -0.2) is 13.2 Å². The number of rotatable bonds is 3. The summed E-state index contributed by atoms with van der Waals surface area (Å²) in [6.45, 7) is 1.19. The first-order valence-electron chi connectivity index (χ1n) is 8.31. The topological polar surface area (TPSA) is 102 Å². The SMILES string of the molecule is Cn1cc(S(=O)(=O)N2CCC3(CC2)OCCc2cc(C(=O)O)sc23)cn1. The van der Waals surface area contributed by atoms with Gasteiger partial charge in [0, 0.05) is 31.2 Å². The van der Waals surface area contributed by atoms with Crippen molar-refractivity contribution in [3.05, 3.63) is 33.8 Å². The van der Waals surface area contributed by atoms with Gasteiger partial charge in [0.05, 0.1) is 12.8 Å². The molecule has 0 aliphatic carbocycles. The van der Waals surface area contributed by atoms with Gasteiger partial charge in [-0.15, -0.1) is 11.3 Å². The van der Waals surface area contributed by atoms with Crippen molar-refractivity contribution in [1.29, 1.82) is 0 Å². The zero-order valence-corrected chi connectivity index (χ0v) is 15.8. The molecule has 4 rings (SSSR count). The molecule has 10 heteroatoms. The number of carboxylic acid groups (broad SMARTS) is 1. The lowest BCUT2D eigenvalue weighted by Crippen LogP contribution is -2.47. The third kappa shape index (κ3) is 2.77. The van der Waals surface area contributed by atoms with E-state index in [2.05, 4.69) is 5.10 Å². The predicted octanol–water partition coefficient (Wildman–Crippen LogP) is 1.43. The van der Waals surface area contributed by atoms with Crippen LogP contribution in [0.1, 0.15) is 33.0 Å². The fourth-order valence-corrected chi connectivity index (χ4v) is 6.34. The van der Waals surface area contributed by atoms with E-state index in [0.717, 1.165) is 10.4 Å². The Balaban J connectivity index is 1.58. The quantitative estimate of drug-likeness (QED) is 0.841. The Morgan fingerprint density at radius 2 is 2.12 bits per heavy atom. The van der Waals surface area contributed by atoms with Crippen molar-refractivity contribution in [3.8, 4) is 0 Å². The van der Waals surface area contributed by atoms with Crippen LogP contribution in [0.15, 0.2) is 23.4 Å². The van der Waals surface area contributed by atoms with E-state index in [-0.39, 0.29) is 4.90 Å². The Kier molecular flexibility index (Phi) is 4.18. The first-order valence-corrected chi connectivity index (χ1v) is 10.6. The van der Waals surface area contributed by atoms with Gasteiger partial charge >= 0.3 is 5.97 Å². The molecule has 0 amide bonds. The summed E-state index contributed by atoms with van der Waals surface area (Å²) < 4.78 is 34.5. The number of carboxylic acids is 1. The Bertz CT molecular complexity index is 954. The number of aromatic carboxylic acids is 1. The lowest BCUT2D eigenvalue weighted by molar-refractivity contribution is -0.0861. The van der Waals surface area contributed by atoms with Crippen molar-refractivity contribution < 1.29 is 23.1 Å². The lowest BCUT2D eigenvalue weighted by Gasteiger charge is -2.43. The number of hydrogen-bond acceptors (Lipinski definition) is 6. The summed E-state index contributed by atoms with van der Waals surface area (Å²) in [5.74, 6) is -0.934. The minimum atomic E-state index is -3.58. The van der Waals surface area contributed by atoms with Gasteiger partial charge in [-0.1, -0.05) is 0 Å². The molecule has 0 radical (unpaired) electrons. The average Bonchev–Trinajstić information content (AvgIpc) is 3.23. The molecule has 1 saturated heterocycles. The van der Waals surface area contributed by atoms with Crippen molar-refractivity contribution in [2.24, 2.45) is 7.05 Å². The van der Waals surface area contributed by atoms with Crippen LogP contribution in [0, 0.1) is 0 Å². The van der Waals surface area contributed by atoms with Gasteiger partial charge in [0.2, 0.25) is 10.0 Å². The zero-order chi connectivity index (χ0) is 18.5. The standard InChI is InChI=1S/C16H19N3O5S2/c1-18-10-12(9-17-18)26(22,23)19-5-3-16(4-6-19)14-11(2-7-24-16)8-13(25-14)15(20)21/h8-10H,2-7H2,1H3,(H,20,21).